The SMILES string of the molecule is CN1[CH-]N(c2[c-]c(-c3nc(-c4[c-]c5c(cc4)c4cc(C(C)(C)C)ccc4n5-c4cc(C(C)(C)C)ccn4)nc(-c4ccccc4)n3)ccc2)c2ccccc21.[Pt]. The summed E-state index contributed by atoms with van der Waals surface area (Å²) in [5, 5.41) is 2.25. The molecule has 0 saturated heterocycles. The summed E-state index contributed by atoms with van der Waals surface area (Å²) in [4.78, 5) is 24.4. The molecule has 1 aliphatic rings. The molecule has 5 aromatic carbocycles. The van der Waals surface area contributed by atoms with Crippen LogP contribution >= 0.6 is 0 Å². The minimum Gasteiger partial charge on any atom is -0.504 e. The summed E-state index contributed by atoms with van der Waals surface area (Å²) in [7, 11) is 2.06. The molecule has 8 aromatic rings. The zero-order valence-corrected chi connectivity index (χ0v) is 34.8. The van der Waals surface area contributed by atoms with Crippen molar-refractivity contribution in [1.29, 1.82) is 0 Å². The number of fused-ring (bicyclic) bond motifs is 4. The minimum atomic E-state index is -0.0414. The van der Waals surface area contributed by atoms with Crippen molar-refractivity contribution < 1.29 is 21.1 Å². The fourth-order valence-corrected chi connectivity index (χ4v) is 7.30. The number of hydrogen-bond acceptors (Lipinski definition) is 6. The Morgan fingerprint density at radius 2 is 1.25 bits per heavy atom. The Balaban J connectivity index is 0.00000441. The second-order valence-corrected chi connectivity index (χ2v) is 16.3. The first-order valence-corrected chi connectivity index (χ1v) is 18.7. The second-order valence-electron chi connectivity index (χ2n) is 16.3. The molecule has 8 heteroatoms. The van der Waals surface area contributed by atoms with Crippen LogP contribution in [0.2, 0.25) is 0 Å². The van der Waals surface area contributed by atoms with Crippen LogP contribution in [-0.4, -0.2) is 31.6 Å². The van der Waals surface area contributed by atoms with E-state index in [9.17, 15) is 0 Å². The van der Waals surface area contributed by atoms with Gasteiger partial charge in [0.25, 0.3) is 0 Å². The number of benzene rings is 5. The van der Waals surface area contributed by atoms with Gasteiger partial charge < -0.3 is 19.4 Å². The van der Waals surface area contributed by atoms with Gasteiger partial charge in [-0.15, -0.1) is 53.6 Å². The Morgan fingerprint density at radius 3 is 1.98 bits per heavy atom. The molecule has 0 N–H and O–H groups in total. The Hall–Kier alpha value is -5.65. The van der Waals surface area contributed by atoms with E-state index in [2.05, 4.69) is 155 Å². The van der Waals surface area contributed by atoms with Crippen molar-refractivity contribution in [3.05, 3.63) is 151 Å². The molecule has 7 nitrogen and oxygen atoms in total. The van der Waals surface area contributed by atoms with Crippen molar-refractivity contribution in [2.45, 2.75) is 52.4 Å². The van der Waals surface area contributed by atoms with Gasteiger partial charge in [-0.25, -0.2) is 4.98 Å². The van der Waals surface area contributed by atoms with Crippen molar-refractivity contribution in [3.8, 4) is 40.0 Å². The van der Waals surface area contributed by atoms with Crippen LogP contribution in [0.4, 0.5) is 17.1 Å². The van der Waals surface area contributed by atoms with E-state index >= 15 is 0 Å². The van der Waals surface area contributed by atoms with Crippen molar-refractivity contribution >= 4 is 38.9 Å². The molecular formula is C48H42N7Pt-3. The quantitative estimate of drug-likeness (QED) is 0.160. The molecule has 9 rings (SSSR count). The molecule has 0 spiro atoms. The molecule has 282 valence electrons. The van der Waals surface area contributed by atoms with Crippen LogP contribution in [-0.2, 0) is 31.9 Å². The number of rotatable bonds is 5. The predicted octanol–water partition coefficient (Wildman–Crippen LogP) is 11.3. The summed E-state index contributed by atoms with van der Waals surface area (Å²) in [6.45, 7) is 15.5. The number of pyridine rings is 1. The monoisotopic (exact) mass is 911 g/mol. The van der Waals surface area contributed by atoms with E-state index < -0.39 is 0 Å². The van der Waals surface area contributed by atoms with Crippen LogP contribution in [0.15, 0.2) is 121 Å². The standard InChI is InChI=1S/C48H42N7.Pt/c1-47(2,3)34-21-23-39-38(28-34)37-22-20-33(27-42(37)55(39)43-29-35(24-25-49-43)48(4,5)6)46-51-44(31-14-9-8-10-15-31)50-45(52-46)32-16-13-17-36(26-32)54-30-53(7)40-18-11-12-19-41(40)54;/h8-25,28-30H,1-7H3;/q-3;. The zero-order chi connectivity index (χ0) is 38.1. The maximum atomic E-state index is 5.13. The summed E-state index contributed by atoms with van der Waals surface area (Å²) in [6, 6.07) is 47.3. The number of hydrogen-bond donors (Lipinski definition) is 0. The third-order valence-electron chi connectivity index (χ3n) is 10.4. The molecule has 0 bridgehead atoms. The average Bonchev–Trinajstić information content (AvgIpc) is 3.71. The fraction of sp³-hybridized carbons (Fsp3) is 0.188. The van der Waals surface area contributed by atoms with Crippen LogP contribution in [0.3, 0.4) is 0 Å². The number of para-hydroxylation sites is 2. The van der Waals surface area contributed by atoms with Gasteiger partial charge in [0.1, 0.15) is 11.6 Å². The van der Waals surface area contributed by atoms with Crippen molar-refractivity contribution in [2.75, 3.05) is 16.8 Å². The predicted molar refractivity (Wildman–Crippen MR) is 225 cm³/mol. The summed E-state index contributed by atoms with van der Waals surface area (Å²) < 4.78 is 2.23. The van der Waals surface area contributed by atoms with Gasteiger partial charge in [-0.05, 0) is 70.2 Å². The van der Waals surface area contributed by atoms with Crippen LogP contribution in [0.25, 0.3) is 61.8 Å². The summed E-state index contributed by atoms with van der Waals surface area (Å²) in [6.07, 6.45) is 1.91. The molecule has 0 aliphatic carbocycles. The van der Waals surface area contributed by atoms with Gasteiger partial charge in [0.15, 0.2) is 0 Å². The molecule has 4 heterocycles. The van der Waals surface area contributed by atoms with Crippen LogP contribution in [0.1, 0.15) is 52.7 Å². The van der Waals surface area contributed by atoms with Gasteiger partial charge in [-0.3, -0.25) is 9.97 Å². The normalized spacial score (nSPS) is 13.0. The maximum absolute atomic E-state index is 5.13. The number of anilines is 3. The van der Waals surface area contributed by atoms with Crippen LogP contribution in [0, 0.1) is 18.8 Å². The molecule has 0 unspecified atom stereocenters. The van der Waals surface area contributed by atoms with Gasteiger partial charge in [-0.1, -0.05) is 107 Å². The van der Waals surface area contributed by atoms with Crippen molar-refractivity contribution in [2.24, 2.45) is 0 Å². The van der Waals surface area contributed by atoms with Gasteiger partial charge in [-0.2, -0.15) is 6.67 Å². The van der Waals surface area contributed by atoms with Crippen molar-refractivity contribution in [3.63, 3.8) is 0 Å². The molecule has 0 radical (unpaired) electrons. The average molecular weight is 912 g/mol. The Morgan fingerprint density at radius 1 is 0.589 bits per heavy atom. The van der Waals surface area contributed by atoms with Crippen LogP contribution in [0.5, 0.6) is 0 Å². The summed E-state index contributed by atoms with van der Waals surface area (Å²) in [5.41, 5.74) is 9.99. The van der Waals surface area contributed by atoms with E-state index in [-0.39, 0.29) is 31.9 Å². The Labute approximate surface area is 343 Å². The van der Waals surface area contributed by atoms with Crippen LogP contribution < -0.4 is 9.80 Å². The third-order valence-corrected chi connectivity index (χ3v) is 10.4. The minimum absolute atomic E-state index is 0. The Kier molecular flexibility index (Phi) is 9.41. The third kappa shape index (κ3) is 6.68. The van der Waals surface area contributed by atoms with E-state index in [0.29, 0.717) is 17.5 Å². The summed E-state index contributed by atoms with van der Waals surface area (Å²) >= 11 is 0. The first kappa shape index (κ1) is 37.3. The Bertz CT molecular complexity index is 2740. The van der Waals surface area contributed by atoms with E-state index in [1.165, 1.54) is 11.1 Å². The number of nitrogens with zero attached hydrogens (tertiary/aromatic N) is 7. The topological polar surface area (TPSA) is 63.0 Å². The first-order valence-electron chi connectivity index (χ1n) is 18.7. The smallest absolute Gasteiger partial charge is 0.144 e. The van der Waals surface area contributed by atoms with E-state index in [1.54, 1.807) is 0 Å². The van der Waals surface area contributed by atoms with E-state index in [0.717, 1.165) is 61.4 Å². The molecule has 56 heavy (non-hydrogen) atoms. The van der Waals surface area contributed by atoms with Gasteiger partial charge in [0.05, 0.1) is 11.6 Å². The fourth-order valence-electron chi connectivity index (χ4n) is 7.30. The largest absolute Gasteiger partial charge is 0.504 e. The molecule has 3 aromatic heterocycles. The molecule has 0 saturated carbocycles. The van der Waals surface area contributed by atoms with Gasteiger partial charge in [0, 0.05) is 49.7 Å². The molecule has 0 fully saturated rings. The van der Waals surface area contributed by atoms with E-state index in [1.807, 2.05) is 48.7 Å². The number of aromatic nitrogens is 5. The van der Waals surface area contributed by atoms with Crippen molar-refractivity contribution in [1.82, 2.24) is 24.5 Å². The van der Waals surface area contributed by atoms with Gasteiger partial charge >= 0.3 is 0 Å². The molecule has 1 aliphatic heterocycles. The molecule has 0 atom stereocenters. The van der Waals surface area contributed by atoms with E-state index in [4.69, 9.17) is 19.9 Å². The maximum Gasteiger partial charge on any atom is 0.144 e. The first-order chi connectivity index (χ1) is 26.4. The van der Waals surface area contributed by atoms with Gasteiger partial charge in [0.2, 0.25) is 0 Å². The molecular weight excluding hydrogens is 870 g/mol. The zero-order valence-electron chi connectivity index (χ0n) is 32.6. The summed E-state index contributed by atoms with van der Waals surface area (Å²) in [5.74, 6) is 2.50. The second kappa shape index (κ2) is 14.1. The molecule has 0 amide bonds.